The van der Waals surface area contributed by atoms with Crippen LogP contribution in [0.25, 0.3) is 0 Å². The molecule has 2 N–H and O–H groups in total. The highest BCUT2D eigenvalue weighted by Crippen LogP contribution is 1.49. The number of aromatic amines is 2. The van der Waals surface area contributed by atoms with E-state index in [4.69, 9.17) is 0 Å². The van der Waals surface area contributed by atoms with Crippen molar-refractivity contribution in [3.05, 3.63) is 33.1 Å². The third-order valence-electron chi connectivity index (χ3n) is 0.626. The van der Waals surface area contributed by atoms with Gasteiger partial charge in [0.2, 0.25) is 0 Å². The van der Waals surface area contributed by atoms with E-state index in [0.29, 0.717) is 0 Å². The van der Waals surface area contributed by atoms with Crippen molar-refractivity contribution in [2.45, 2.75) is 0 Å². The predicted molar refractivity (Wildman–Crippen MR) is 26.5 cm³/mol. The molecular weight excluding hydrogens is 108 g/mol. The van der Waals surface area contributed by atoms with Crippen LogP contribution in [0.15, 0.2) is 15.7 Å². The summed E-state index contributed by atoms with van der Waals surface area (Å²) in [6.07, 6.45) is 2.25. The van der Waals surface area contributed by atoms with Gasteiger partial charge in [-0.3, -0.25) is 9.78 Å². The number of hydrogen-bond acceptors (Lipinski definition) is 2. The molecule has 0 bridgehead atoms. The fraction of sp³-hybridized carbons (Fsp3) is 0. The fourth-order valence-electron chi connectivity index (χ4n) is 0.346. The maximum absolute atomic E-state index is 10.2. The van der Waals surface area contributed by atoms with Crippen LogP contribution in [0.5, 0.6) is 0 Å². The van der Waals surface area contributed by atoms with Crippen molar-refractivity contribution < 1.29 is 0 Å². The lowest BCUT2D eigenvalue weighted by molar-refractivity contribution is 1.03. The molecule has 8 heavy (non-hydrogen) atoms. The Morgan fingerprint density at radius 1 is 1.50 bits per heavy atom. The first-order valence-electron chi connectivity index (χ1n) is 1.99. The van der Waals surface area contributed by atoms with Crippen LogP contribution in [-0.2, 0) is 0 Å². The zero-order valence-corrected chi connectivity index (χ0v) is 3.89. The van der Waals surface area contributed by atoms with Gasteiger partial charge in [-0.25, -0.2) is 4.79 Å². The molecule has 1 aromatic heterocycles. The lowest BCUT2D eigenvalue weighted by atomic mass is 10.7. The predicted octanol–water partition coefficient (Wildman–Crippen LogP) is -1.14. The van der Waals surface area contributed by atoms with E-state index in [1.165, 1.54) is 0 Å². The minimum absolute atomic E-state index is 0.436. The lowest BCUT2D eigenvalue weighted by Crippen LogP contribution is -2.19. The van der Waals surface area contributed by atoms with Gasteiger partial charge in [-0.05, 0) is 0 Å². The highest BCUT2D eigenvalue weighted by Gasteiger charge is 1.78. The zero-order valence-electron chi connectivity index (χ0n) is 3.89. The van der Waals surface area contributed by atoms with Gasteiger partial charge >= 0.3 is 5.69 Å². The van der Waals surface area contributed by atoms with E-state index < -0.39 is 11.2 Å². The molecule has 0 unspecified atom stereocenters. The molecule has 1 rings (SSSR count). The fourth-order valence-corrected chi connectivity index (χ4v) is 0.346. The summed E-state index contributed by atoms with van der Waals surface area (Å²) in [5.41, 5.74) is -0.966. The molecule has 1 heterocycles. The molecule has 4 heteroatoms. The van der Waals surface area contributed by atoms with Gasteiger partial charge in [-0.15, -0.1) is 0 Å². The molecule has 41 valence electrons. The van der Waals surface area contributed by atoms with Crippen LogP contribution in [0.2, 0.25) is 0 Å². The molecule has 0 fully saturated rings. The summed E-state index contributed by atoms with van der Waals surface area (Å²) in [6.45, 7) is 0. The molecule has 0 aliphatic carbocycles. The van der Waals surface area contributed by atoms with Crippen molar-refractivity contribution in [1.82, 2.24) is 9.97 Å². The number of hydrogen-bond donors (Lipinski definition) is 2. The summed E-state index contributed by atoms with van der Waals surface area (Å²) < 4.78 is 0. The molecule has 0 atom stereocenters. The smallest absolute Gasteiger partial charge is 0.305 e. The normalized spacial score (nSPS) is 9.00. The molecule has 0 aliphatic heterocycles. The van der Waals surface area contributed by atoms with Crippen LogP contribution in [0.3, 0.4) is 0 Å². The molecule has 4 nitrogen and oxygen atoms in total. The first kappa shape index (κ1) is 4.83. The maximum atomic E-state index is 10.2. The minimum Gasteiger partial charge on any atom is -0.305 e. The van der Waals surface area contributed by atoms with Crippen LogP contribution >= 0.6 is 0 Å². The average Bonchev–Trinajstić information content (AvgIpc) is 1.64. The third-order valence-corrected chi connectivity index (χ3v) is 0.626. The molecule has 0 aromatic carbocycles. The number of aromatic nitrogens is 2. The van der Waals surface area contributed by atoms with Crippen LogP contribution in [-0.4, -0.2) is 9.97 Å². The molecule has 0 saturated carbocycles. The van der Waals surface area contributed by atoms with E-state index in [-0.39, 0.29) is 0 Å². The molecule has 0 amide bonds. The highest BCUT2D eigenvalue weighted by atomic mass is 16.2. The summed E-state index contributed by atoms with van der Waals surface area (Å²) in [6, 6.07) is 1.11. The van der Waals surface area contributed by atoms with E-state index in [9.17, 15) is 9.59 Å². The summed E-state index contributed by atoms with van der Waals surface area (Å²) in [5, 5.41) is 0. The molecular formula is C4H3N2O2. The Labute approximate surface area is 44.2 Å². The largest absolute Gasteiger partial charge is 0.326 e. The van der Waals surface area contributed by atoms with Gasteiger partial charge in [0.05, 0.1) is 6.20 Å². The Kier molecular flexibility index (Phi) is 0.997. The standard InChI is InChI=1S/C4H3N2O2/c7-3-1-2-5-4(8)6-3/h1H,(H2,5,6,7,8). The Hall–Kier alpha value is -1.32. The Morgan fingerprint density at radius 2 is 2.25 bits per heavy atom. The van der Waals surface area contributed by atoms with E-state index in [2.05, 4.69) is 11.2 Å². The molecule has 0 aliphatic rings. The van der Waals surface area contributed by atoms with Crippen molar-refractivity contribution >= 4 is 0 Å². The van der Waals surface area contributed by atoms with Crippen LogP contribution in [0.1, 0.15) is 0 Å². The second kappa shape index (κ2) is 1.65. The molecule has 1 radical (unpaired) electrons. The van der Waals surface area contributed by atoms with Gasteiger partial charge < -0.3 is 4.98 Å². The second-order valence-corrected chi connectivity index (χ2v) is 1.23. The summed E-state index contributed by atoms with van der Waals surface area (Å²) in [5.74, 6) is 0. The Balaban J connectivity index is 3.50. The summed E-state index contributed by atoms with van der Waals surface area (Å²) in [4.78, 5) is 24.4. The van der Waals surface area contributed by atoms with Gasteiger partial charge in [0.25, 0.3) is 5.56 Å². The summed E-state index contributed by atoms with van der Waals surface area (Å²) >= 11 is 0. The number of rotatable bonds is 0. The van der Waals surface area contributed by atoms with E-state index in [0.717, 1.165) is 6.07 Å². The highest BCUT2D eigenvalue weighted by molar-refractivity contribution is 4.75. The van der Waals surface area contributed by atoms with E-state index in [1.807, 2.05) is 4.98 Å². The topological polar surface area (TPSA) is 65.7 Å². The van der Waals surface area contributed by atoms with Crippen molar-refractivity contribution in [1.29, 1.82) is 0 Å². The number of nitrogens with one attached hydrogen (secondary N) is 2. The minimum atomic E-state index is -0.530. The van der Waals surface area contributed by atoms with Crippen molar-refractivity contribution in [3.8, 4) is 0 Å². The zero-order chi connectivity index (χ0) is 5.98. The monoisotopic (exact) mass is 111 g/mol. The van der Waals surface area contributed by atoms with Gasteiger partial charge in [-0.1, -0.05) is 0 Å². The first-order chi connectivity index (χ1) is 3.79. The SMILES string of the molecule is O=c1c[c][nH]c(=O)[nH]1. The summed E-state index contributed by atoms with van der Waals surface area (Å²) in [7, 11) is 0. The van der Waals surface area contributed by atoms with Crippen molar-refractivity contribution in [2.24, 2.45) is 0 Å². The Morgan fingerprint density at radius 3 is 2.62 bits per heavy atom. The number of H-pyrrole nitrogens is 2. The molecule has 0 saturated heterocycles. The first-order valence-corrected chi connectivity index (χ1v) is 1.99. The maximum Gasteiger partial charge on any atom is 0.326 e. The van der Waals surface area contributed by atoms with Gasteiger partial charge in [0.15, 0.2) is 0 Å². The van der Waals surface area contributed by atoms with Gasteiger partial charge in [0.1, 0.15) is 0 Å². The van der Waals surface area contributed by atoms with Crippen molar-refractivity contribution in [2.75, 3.05) is 0 Å². The van der Waals surface area contributed by atoms with Gasteiger partial charge in [-0.2, -0.15) is 0 Å². The van der Waals surface area contributed by atoms with E-state index in [1.54, 1.807) is 0 Å². The Bertz CT molecular complexity index is 246. The van der Waals surface area contributed by atoms with Crippen LogP contribution in [0, 0.1) is 6.20 Å². The van der Waals surface area contributed by atoms with Gasteiger partial charge in [0, 0.05) is 6.07 Å². The second-order valence-electron chi connectivity index (χ2n) is 1.23. The molecule has 1 aromatic rings. The quantitative estimate of drug-likeness (QED) is 0.444. The van der Waals surface area contributed by atoms with E-state index >= 15 is 0 Å². The van der Waals surface area contributed by atoms with Crippen LogP contribution in [0.4, 0.5) is 0 Å². The average molecular weight is 111 g/mol. The third kappa shape index (κ3) is 0.841. The van der Waals surface area contributed by atoms with Crippen LogP contribution < -0.4 is 11.2 Å². The van der Waals surface area contributed by atoms with Crippen molar-refractivity contribution in [3.63, 3.8) is 0 Å². The lowest BCUT2D eigenvalue weighted by Gasteiger charge is -1.74. The molecule has 0 spiro atoms.